The summed E-state index contributed by atoms with van der Waals surface area (Å²) in [5.74, 6) is 1.70. The lowest BCUT2D eigenvalue weighted by Gasteiger charge is -2.33. The molecular formula is C21H26N4O2S. The first kappa shape index (κ1) is 19.1. The minimum absolute atomic E-state index is 0.144. The molecule has 1 aliphatic rings. The maximum atomic E-state index is 5.69. The van der Waals surface area contributed by atoms with Gasteiger partial charge in [-0.2, -0.15) is 5.10 Å². The van der Waals surface area contributed by atoms with Crippen molar-refractivity contribution in [2.24, 2.45) is 0 Å². The van der Waals surface area contributed by atoms with Crippen LogP contribution in [0.5, 0.6) is 5.75 Å². The number of methoxy groups -OCH3 is 1. The maximum Gasteiger partial charge on any atom is 0.155 e. The Labute approximate surface area is 169 Å². The van der Waals surface area contributed by atoms with Gasteiger partial charge in [-0.1, -0.05) is 0 Å². The van der Waals surface area contributed by atoms with Gasteiger partial charge in [0.05, 0.1) is 23.2 Å². The van der Waals surface area contributed by atoms with E-state index in [0.717, 1.165) is 70.4 Å². The second-order valence-electron chi connectivity index (χ2n) is 7.49. The zero-order chi connectivity index (χ0) is 19.7. The predicted molar refractivity (Wildman–Crippen MR) is 114 cm³/mol. The molecule has 3 heterocycles. The highest BCUT2D eigenvalue weighted by Crippen LogP contribution is 2.45. The van der Waals surface area contributed by atoms with Crippen LogP contribution in [0.4, 0.5) is 11.5 Å². The lowest BCUT2D eigenvalue weighted by molar-refractivity contribution is 0.0815. The van der Waals surface area contributed by atoms with Gasteiger partial charge in [0, 0.05) is 46.9 Å². The van der Waals surface area contributed by atoms with Crippen LogP contribution in [0.25, 0.3) is 10.9 Å². The van der Waals surface area contributed by atoms with Gasteiger partial charge >= 0.3 is 0 Å². The third-order valence-corrected chi connectivity index (χ3v) is 6.88. The highest BCUT2D eigenvalue weighted by molar-refractivity contribution is 8.00. The third-order valence-electron chi connectivity index (χ3n) is 5.44. The maximum absolute atomic E-state index is 5.69. The SMILES string of the molecule is COc1cc2nccc(Nc3n[nH]c(C)c3C)c2cc1SC1(C)CCOCC1. The van der Waals surface area contributed by atoms with E-state index in [1.165, 1.54) is 0 Å². The molecule has 1 aliphatic heterocycles. The fourth-order valence-electron chi connectivity index (χ4n) is 3.41. The van der Waals surface area contributed by atoms with Crippen molar-refractivity contribution in [3.05, 3.63) is 35.7 Å². The molecule has 28 heavy (non-hydrogen) atoms. The lowest BCUT2D eigenvalue weighted by Crippen LogP contribution is -2.29. The second kappa shape index (κ2) is 7.64. The van der Waals surface area contributed by atoms with Crippen LogP contribution in [0, 0.1) is 13.8 Å². The van der Waals surface area contributed by atoms with E-state index < -0.39 is 0 Å². The highest BCUT2D eigenvalue weighted by atomic mass is 32.2. The number of pyridine rings is 1. The fourth-order valence-corrected chi connectivity index (χ4v) is 4.73. The summed E-state index contributed by atoms with van der Waals surface area (Å²) in [7, 11) is 1.72. The molecule has 1 aromatic carbocycles. The van der Waals surface area contributed by atoms with Crippen molar-refractivity contribution >= 4 is 34.2 Å². The Balaban J connectivity index is 1.74. The Bertz CT molecular complexity index is 995. The van der Waals surface area contributed by atoms with Crippen LogP contribution >= 0.6 is 11.8 Å². The molecule has 6 nitrogen and oxygen atoms in total. The molecule has 0 saturated carbocycles. The van der Waals surface area contributed by atoms with Crippen molar-refractivity contribution in [3.63, 3.8) is 0 Å². The number of aryl methyl sites for hydroxylation is 1. The van der Waals surface area contributed by atoms with Gasteiger partial charge < -0.3 is 14.8 Å². The first-order valence-electron chi connectivity index (χ1n) is 9.51. The number of benzene rings is 1. The van der Waals surface area contributed by atoms with E-state index >= 15 is 0 Å². The summed E-state index contributed by atoms with van der Waals surface area (Å²) in [5.41, 5.74) is 4.06. The zero-order valence-electron chi connectivity index (χ0n) is 16.8. The smallest absolute Gasteiger partial charge is 0.155 e. The van der Waals surface area contributed by atoms with Gasteiger partial charge in [0.25, 0.3) is 0 Å². The van der Waals surface area contributed by atoms with E-state index in [0.29, 0.717) is 0 Å². The van der Waals surface area contributed by atoms with E-state index in [9.17, 15) is 0 Å². The summed E-state index contributed by atoms with van der Waals surface area (Å²) >= 11 is 1.87. The van der Waals surface area contributed by atoms with Crippen molar-refractivity contribution in [1.29, 1.82) is 0 Å². The number of aromatic nitrogens is 3. The molecule has 4 rings (SSSR count). The Hall–Kier alpha value is -2.25. The molecule has 0 radical (unpaired) electrons. The number of thioether (sulfide) groups is 1. The molecule has 0 unspecified atom stereocenters. The number of ether oxygens (including phenoxy) is 2. The van der Waals surface area contributed by atoms with Crippen LogP contribution in [0.3, 0.4) is 0 Å². The Morgan fingerprint density at radius 2 is 2.04 bits per heavy atom. The number of hydrogen-bond donors (Lipinski definition) is 2. The van der Waals surface area contributed by atoms with E-state index in [1.54, 1.807) is 7.11 Å². The average Bonchev–Trinajstić information content (AvgIpc) is 3.00. The minimum atomic E-state index is 0.144. The van der Waals surface area contributed by atoms with Gasteiger partial charge in [-0.3, -0.25) is 10.1 Å². The van der Waals surface area contributed by atoms with Gasteiger partial charge in [0.1, 0.15) is 5.75 Å². The third kappa shape index (κ3) is 3.69. The van der Waals surface area contributed by atoms with Crippen molar-refractivity contribution < 1.29 is 9.47 Å². The average molecular weight is 399 g/mol. The Morgan fingerprint density at radius 3 is 2.71 bits per heavy atom. The van der Waals surface area contributed by atoms with E-state index in [1.807, 2.05) is 37.0 Å². The van der Waals surface area contributed by atoms with Crippen LogP contribution in [-0.4, -0.2) is 40.3 Å². The molecule has 3 aromatic rings. The van der Waals surface area contributed by atoms with E-state index in [4.69, 9.17) is 9.47 Å². The quantitative estimate of drug-likeness (QED) is 0.631. The van der Waals surface area contributed by atoms with Crippen LogP contribution < -0.4 is 10.1 Å². The molecule has 0 aliphatic carbocycles. The van der Waals surface area contributed by atoms with Gasteiger partial charge in [0.15, 0.2) is 5.82 Å². The van der Waals surface area contributed by atoms with Crippen LogP contribution in [0.1, 0.15) is 31.0 Å². The second-order valence-corrected chi connectivity index (χ2v) is 9.12. The van der Waals surface area contributed by atoms with Crippen molar-refractivity contribution in [3.8, 4) is 5.75 Å². The molecule has 7 heteroatoms. The molecule has 2 aromatic heterocycles. The van der Waals surface area contributed by atoms with Gasteiger partial charge in [-0.15, -0.1) is 11.8 Å². The zero-order valence-corrected chi connectivity index (χ0v) is 17.6. The normalized spacial score (nSPS) is 16.3. The first-order valence-corrected chi connectivity index (χ1v) is 10.3. The molecule has 1 saturated heterocycles. The van der Waals surface area contributed by atoms with Crippen molar-refractivity contribution in [2.75, 3.05) is 25.6 Å². The van der Waals surface area contributed by atoms with E-state index in [-0.39, 0.29) is 4.75 Å². The van der Waals surface area contributed by atoms with Crippen LogP contribution in [-0.2, 0) is 4.74 Å². The molecule has 2 N–H and O–H groups in total. The topological polar surface area (TPSA) is 72.1 Å². The molecule has 148 valence electrons. The van der Waals surface area contributed by atoms with Gasteiger partial charge in [-0.05, 0) is 45.7 Å². The number of aromatic amines is 1. The lowest BCUT2D eigenvalue weighted by atomic mass is 10.0. The molecule has 0 spiro atoms. The number of fused-ring (bicyclic) bond motifs is 1. The standard InChI is InChI=1S/C21H26N4O2S/c1-13-14(2)24-25-20(13)23-16-5-8-22-17-12-18(26-4)19(11-15(16)17)28-21(3)6-9-27-10-7-21/h5,8,11-12H,6-7,9-10H2,1-4H3,(H2,22,23,24,25). The number of anilines is 2. The highest BCUT2D eigenvalue weighted by Gasteiger charge is 2.30. The van der Waals surface area contributed by atoms with Gasteiger partial charge in [-0.25, -0.2) is 0 Å². The summed E-state index contributed by atoms with van der Waals surface area (Å²) < 4.78 is 11.4. The number of hydrogen-bond acceptors (Lipinski definition) is 6. The Kier molecular flexibility index (Phi) is 5.21. The van der Waals surface area contributed by atoms with Crippen LogP contribution in [0.15, 0.2) is 29.3 Å². The predicted octanol–water partition coefficient (Wildman–Crippen LogP) is 4.99. The minimum Gasteiger partial charge on any atom is -0.496 e. The number of nitrogens with one attached hydrogen (secondary N) is 2. The summed E-state index contributed by atoms with van der Waals surface area (Å²) in [6.07, 6.45) is 3.87. The van der Waals surface area contributed by atoms with Crippen molar-refractivity contribution in [1.82, 2.24) is 15.2 Å². The summed E-state index contributed by atoms with van der Waals surface area (Å²) in [6, 6.07) is 6.20. The van der Waals surface area contributed by atoms with E-state index in [2.05, 4.69) is 40.4 Å². The fraction of sp³-hybridized carbons (Fsp3) is 0.429. The summed E-state index contributed by atoms with van der Waals surface area (Å²) in [6.45, 7) is 8.01. The molecule has 0 bridgehead atoms. The number of nitrogens with zero attached hydrogens (tertiary/aromatic N) is 2. The molecular weight excluding hydrogens is 372 g/mol. The number of rotatable bonds is 5. The van der Waals surface area contributed by atoms with Gasteiger partial charge in [0.2, 0.25) is 0 Å². The first-order chi connectivity index (χ1) is 13.5. The summed E-state index contributed by atoms with van der Waals surface area (Å²) in [4.78, 5) is 5.68. The molecule has 1 fully saturated rings. The Morgan fingerprint density at radius 1 is 1.25 bits per heavy atom. The molecule has 0 amide bonds. The monoisotopic (exact) mass is 398 g/mol. The largest absolute Gasteiger partial charge is 0.496 e. The van der Waals surface area contributed by atoms with Crippen LogP contribution in [0.2, 0.25) is 0 Å². The summed E-state index contributed by atoms with van der Waals surface area (Å²) in [5, 5.41) is 11.9. The van der Waals surface area contributed by atoms with Crippen molar-refractivity contribution in [2.45, 2.75) is 43.3 Å². The number of H-pyrrole nitrogens is 1. The molecule has 0 atom stereocenters.